The molecule has 1 aliphatic rings. The van der Waals surface area contributed by atoms with Crippen molar-refractivity contribution in [3.63, 3.8) is 0 Å². The monoisotopic (exact) mass is 273 g/mol. The average Bonchev–Trinajstić information content (AvgIpc) is 2.75. The van der Waals surface area contributed by atoms with Crippen molar-refractivity contribution in [1.82, 2.24) is 4.90 Å². The second-order valence-electron chi connectivity index (χ2n) is 5.24. The fourth-order valence-corrected chi connectivity index (χ4v) is 3.79. The van der Waals surface area contributed by atoms with Crippen LogP contribution in [0.5, 0.6) is 0 Å². The topological polar surface area (TPSA) is 23.5 Å². The van der Waals surface area contributed by atoms with Crippen LogP contribution in [-0.2, 0) is 0 Å². The molecule has 0 spiro atoms. The number of aliphatic hydroxyl groups is 1. The van der Waals surface area contributed by atoms with E-state index in [2.05, 4.69) is 18.7 Å². The molecular weight excluding hydrogens is 254 g/mol. The number of piperidine rings is 1. The van der Waals surface area contributed by atoms with Gasteiger partial charge >= 0.3 is 0 Å². The van der Waals surface area contributed by atoms with Crippen LogP contribution in [0, 0.1) is 0 Å². The highest BCUT2D eigenvalue weighted by atomic mass is 35.5. The van der Waals surface area contributed by atoms with Gasteiger partial charge in [-0.05, 0) is 51.2 Å². The molecule has 2 heterocycles. The Hall–Kier alpha value is -0.0900. The highest BCUT2D eigenvalue weighted by molar-refractivity contribution is 7.10. The van der Waals surface area contributed by atoms with Gasteiger partial charge in [0.05, 0.1) is 9.90 Å². The predicted octanol–water partition coefficient (Wildman–Crippen LogP) is 3.70. The largest absolute Gasteiger partial charge is 0.386 e. The molecule has 2 rings (SSSR count). The summed E-state index contributed by atoms with van der Waals surface area (Å²) in [6.07, 6.45) is 3.26. The third-order valence-corrected chi connectivity index (χ3v) is 5.14. The highest BCUT2D eigenvalue weighted by Gasteiger charge is 2.37. The highest BCUT2D eigenvalue weighted by Crippen LogP contribution is 2.38. The van der Waals surface area contributed by atoms with Gasteiger partial charge in [0.15, 0.2) is 0 Å². The Kier molecular flexibility index (Phi) is 4.14. The molecule has 1 saturated heterocycles. The van der Waals surface area contributed by atoms with E-state index in [1.54, 1.807) is 0 Å². The molecule has 1 fully saturated rings. The van der Waals surface area contributed by atoms with Crippen molar-refractivity contribution < 1.29 is 5.11 Å². The summed E-state index contributed by atoms with van der Waals surface area (Å²) in [5.41, 5.74) is -0.241. The van der Waals surface area contributed by atoms with Crippen LogP contribution in [0.1, 0.15) is 44.1 Å². The van der Waals surface area contributed by atoms with Crippen LogP contribution in [0.25, 0.3) is 0 Å². The zero-order chi connectivity index (χ0) is 12.5. The minimum absolute atomic E-state index is 0.241. The summed E-state index contributed by atoms with van der Waals surface area (Å²) in [6.45, 7) is 6.37. The predicted molar refractivity (Wildman–Crippen MR) is 73.8 cm³/mol. The molecule has 1 aromatic rings. The normalized spacial score (nSPS) is 20.5. The Morgan fingerprint density at radius 3 is 2.53 bits per heavy atom. The van der Waals surface area contributed by atoms with Gasteiger partial charge in [0.1, 0.15) is 6.10 Å². The maximum Gasteiger partial charge on any atom is 0.107 e. The van der Waals surface area contributed by atoms with Gasteiger partial charge in [-0.2, -0.15) is 0 Å². The zero-order valence-corrected chi connectivity index (χ0v) is 12.0. The summed E-state index contributed by atoms with van der Waals surface area (Å²) < 4.78 is 0. The summed E-state index contributed by atoms with van der Waals surface area (Å²) in [6, 6.07) is 1.86. The van der Waals surface area contributed by atoms with Crippen molar-refractivity contribution in [1.29, 1.82) is 0 Å². The van der Waals surface area contributed by atoms with E-state index in [0.717, 1.165) is 18.0 Å². The number of rotatable bonds is 3. The van der Waals surface area contributed by atoms with Gasteiger partial charge < -0.3 is 5.11 Å². The van der Waals surface area contributed by atoms with E-state index < -0.39 is 6.10 Å². The SMILES string of the molecule is CC(C)(C(O)c1sccc1Cl)N1CCCCC1. The van der Waals surface area contributed by atoms with E-state index in [-0.39, 0.29) is 5.54 Å². The van der Waals surface area contributed by atoms with Gasteiger partial charge in [-0.3, -0.25) is 4.90 Å². The van der Waals surface area contributed by atoms with E-state index in [1.807, 2.05) is 11.4 Å². The Morgan fingerprint density at radius 1 is 1.35 bits per heavy atom. The molecule has 17 heavy (non-hydrogen) atoms. The van der Waals surface area contributed by atoms with Crippen molar-refractivity contribution >= 4 is 22.9 Å². The molecule has 1 atom stereocenters. The Labute approximate surface area is 112 Å². The summed E-state index contributed by atoms with van der Waals surface area (Å²) in [7, 11) is 0. The van der Waals surface area contributed by atoms with Gasteiger partial charge in [-0.25, -0.2) is 0 Å². The fraction of sp³-hybridized carbons (Fsp3) is 0.692. The van der Waals surface area contributed by atoms with E-state index in [0.29, 0.717) is 5.02 Å². The summed E-state index contributed by atoms with van der Waals surface area (Å²) in [5, 5.41) is 13.2. The van der Waals surface area contributed by atoms with Crippen LogP contribution >= 0.6 is 22.9 Å². The molecular formula is C13H20ClNOS. The number of nitrogens with zero attached hydrogens (tertiary/aromatic N) is 1. The molecule has 0 bridgehead atoms. The Bertz CT molecular complexity index is 371. The lowest BCUT2D eigenvalue weighted by Gasteiger charge is -2.43. The maximum absolute atomic E-state index is 10.6. The molecule has 0 aromatic carbocycles. The molecule has 1 aliphatic heterocycles. The number of halogens is 1. The van der Waals surface area contributed by atoms with Crippen molar-refractivity contribution in [3.05, 3.63) is 21.3 Å². The van der Waals surface area contributed by atoms with E-state index >= 15 is 0 Å². The van der Waals surface area contributed by atoms with Gasteiger partial charge in [-0.1, -0.05) is 18.0 Å². The third kappa shape index (κ3) is 2.68. The van der Waals surface area contributed by atoms with Gasteiger partial charge in [-0.15, -0.1) is 11.3 Å². The number of aliphatic hydroxyl groups excluding tert-OH is 1. The average molecular weight is 274 g/mol. The lowest BCUT2D eigenvalue weighted by Crippen LogP contribution is -2.50. The fourth-order valence-electron chi connectivity index (χ4n) is 2.46. The zero-order valence-electron chi connectivity index (χ0n) is 10.4. The van der Waals surface area contributed by atoms with Crippen LogP contribution in [-0.4, -0.2) is 28.6 Å². The summed E-state index contributed by atoms with van der Waals surface area (Å²) in [4.78, 5) is 3.28. The summed E-state index contributed by atoms with van der Waals surface area (Å²) in [5.74, 6) is 0. The summed E-state index contributed by atoms with van der Waals surface area (Å²) >= 11 is 7.65. The van der Waals surface area contributed by atoms with Crippen LogP contribution in [0.2, 0.25) is 5.02 Å². The first-order valence-corrected chi connectivity index (χ1v) is 7.45. The minimum Gasteiger partial charge on any atom is -0.386 e. The van der Waals surface area contributed by atoms with Gasteiger partial charge in [0, 0.05) is 5.54 Å². The quantitative estimate of drug-likeness (QED) is 0.908. The minimum atomic E-state index is -0.506. The molecule has 1 unspecified atom stereocenters. The number of likely N-dealkylation sites (tertiary alicyclic amines) is 1. The molecule has 0 aliphatic carbocycles. The second-order valence-corrected chi connectivity index (χ2v) is 6.59. The number of thiophene rings is 1. The number of hydrogen-bond donors (Lipinski definition) is 1. The lowest BCUT2D eigenvalue weighted by atomic mass is 9.91. The first-order chi connectivity index (χ1) is 8.03. The molecule has 0 amide bonds. The van der Waals surface area contributed by atoms with E-state index in [4.69, 9.17) is 11.6 Å². The first-order valence-electron chi connectivity index (χ1n) is 6.19. The van der Waals surface area contributed by atoms with Crippen molar-refractivity contribution in [2.24, 2.45) is 0 Å². The van der Waals surface area contributed by atoms with E-state index in [9.17, 15) is 5.11 Å². The molecule has 0 radical (unpaired) electrons. The Balaban J connectivity index is 2.16. The lowest BCUT2D eigenvalue weighted by molar-refractivity contribution is -0.0190. The number of hydrogen-bond acceptors (Lipinski definition) is 3. The van der Waals surface area contributed by atoms with Gasteiger partial charge in [0.25, 0.3) is 0 Å². The van der Waals surface area contributed by atoms with Crippen molar-refractivity contribution in [3.8, 4) is 0 Å². The second kappa shape index (κ2) is 5.27. The van der Waals surface area contributed by atoms with Crippen LogP contribution in [0.15, 0.2) is 11.4 Å². The first kappa shape index (κ1) is 13.3. The molecule has 1 aromatic heterocycles. The standard InChI is InChI=1S/C13H20ClNOS/c1-13(2,15-7-4-3-5-8-15)12(16)11-10(14)6-9-17-11/h6,9,12,16H,3-5,7-8H2,1-2H3. The molecule has 96 valence electrons. The van der Waals surface area contributed by atoms with Gasteiger partial charge in [0.2, 0.25) is 0 Å². The van der Waals surface area contributed by atoms with E-state index in [1.165, 1.54) is 30.6 Å². The maximum atomic E-state index is 10.6. The van der Waals surface area contributed by atoms with Crippen LogP contribution in [0.3, 0.4) is 0 Å². The van der Waals surface area contributed by atoms with Crippen LogP contribution < -0.4 is 0 Å². The molecule has 4 heteroatoms. The smallest absolute Gasteiger partial charge is 0.107 e. The van der Waals surface area contributed by atoms with Crippen molar-refractivity contribution in [2.45, 2.75) is 44.8 Å². The molecule has 0 saturated carbocycles. The third-order valence-electron chi connectivity index (χ3n) is 3.73. The van der Waals surface area contributed by atoms with Crippen LogP contribution in [0.4, 0.5) is 0 Å². The Morgan fingerprint density at radius 2 is 2.00 bits per heavy atom. The molecule has 2 nitrogen and oxygen atoms in total. The molecule has 1 N–H and O–H groups in total. The van der Waals surface area contributed by atoms with Crippen molar-refractivity contribution in [2.75, 3.05) is 13.1 Å².